The quantitative estimate of drug-likeness (QED) is 0.839. The second kappa shape index (κ2) is 5.03. The van der Waals surface area contributed by atoms with Crippen LogP contribution >= 0.6 is 0 Å². The van der Waals surface area contributed by atoms with Gasteiger partial charge in [-0.2, -0.15) is 5.10 Å². The lowest BCUT2D eigenvalue weighted by atomic mass is 10.1. The van der Waals surface area contributed by atoms with Gasteiger partial charge in [-0.3, -0.25) is 4.79 Å². The van der Waals surface area contributed by atoms with Crippen molar-refractivity contribution in [3.05, 3.63) is 24.2 Å². The molecule has 2 heterocycles. The molecule has 2 aromatic rings. The summed E-state index contributed by atoms with van der Waals surface area (Å²) >= 11 is 0. The summed E-state index contributed by atoms with van der Waals surface area (Å²) < 4.78 is 1.76. The Morgan fingerprint density at radius 3 is 3.11 bits per heavy atom. The van der Waals surface area contributed by atoms with Gasteiger partial charge in [-0.05, 0) is 18.9 Å². The van der Waals surface area contributed by atoms with E-state index in [-0.39, 0.29) is 12.3 Å². The molecule has 2 rings (SSSR count). The maximum absolute atomic E-state index is 10.6. The van der Waals surface area contributed by atoms with Gasteiger partial charge in [0.2, 0.25) is 0 Å². The van der Waals surface area contributed by atoms with Gasteiger partial charge < -0.3 is 10.4 Å². The van der Waals surface area contributed by atoms with Crippen LogP contribution in [0.1, 0.15) is 19.0 Å². The monoisotopic (exact) mass is 248 g/mol. The van der Waals surface area contributed by atoms with Crippen LogP contribution in [0.15, 0.2) is 18.5 Å². The van der Waals surface area contributed by atoms with E-state index >= 15 is 0 Å². The van der Waals surface area contributed by atoms with Gasteiger partial charge in [0.1, 0.15) is 5.52 Å². The van der Waals surface area contributed by atoms with Crippen LogP contribution < -0.4 is 5.32 Å². The summed E-state index contributed by atoms with van der Waals surface area (Å²) in [6.45, 7) is 4.38. The number of aryl methyl sites for hydroxylation is 1. The van der Waals surface area contributed by atoms with E-state index in [1.165, 1.54) is 0 Å². The largest absolute Gasteiger partial charge is 0.481 e. The van der Waals surface area contributed by atoms with Gasteiger partial charge in [-0.15, -0.1) is 0 Å². The lowest BCUT2D eigenvalue weighted by Gasteiger charge is -2.11. The fourth-order valence-corrected chi connectivity index (χ4v) is 1.82. The van der Waals surface area contributed by atoms with E-state index in [0.29, 0.717) is 6.54 Å². The van der Waals surface area contributed by atoms with Crippen LogP contribution in [0.3, 0.4) is 0 Å². The highest BCUT2D eigenvalue weighted by atomic mass is 16.4. The number of aromatic nitrogens is 3. The molecule has 0 fully saturated rings. The van der Waals surface area contributed by atoms with Crippen LogP contribution in [0.25, 0.3) is 5.52 Å². The summed E-state index contributed by atoms with van der Waals surface area (Å²) in [6.07, 6.45) is 3.60. The number of fused-ring (bicyclic) bond motifs is 1. The minimum absolute atomic E-state index is 0.0496. The zero-order chi connectivity index (χ0) is 13.1. The molecule has 18 heavy (non-hydrogen) atoms. The number of carboxylic acid groups (broad SMARTS) is 1. The zero-order valence-electron chi connectivity index (χ0n) is 10.4. The van der Waals surface area contributed by atoms with E-state index in [2.05, 4.69) is 15.4 Å². The number of rotatable bonds is 5. The molecular weight excluding hydrogens is 232 g/mol. The summed E-state index contributed by atoms with van der Waals surface area (Å²) in [5.74, 6) is -0.000390. The van der Waals surface area contributed by atoms with Crippen molar-refractivity contribution in [2.24, 2.45) is 5.92 Å². The molecule has 0 amide bonds. The molecule has 0 spiro atoms. The molecule has 6 heteroatoms. The molecule has 2 aromatic heterocycles. The van der Waals surface area contributed by atoms with Crippen molar-refractivity contribution in [2.75, 3.05) is 11.9 Å². The average molecular weight is 248 g/mol. The van der Waals surface area contributed by atoms with Crippen molar-refractivity contribution in [3.63, 3.8) is 0 Å². The second-order valence-electron chi connectivity index (χ2n) is 4.48. The minimum atomic E-state index is -0.782. The first kappa shape index (κ1) is 12.3. The Balaban J connectivity index is 2.09. The van der Waals surface area contributed by atoms with E-state index in [1.807, 2.05) is 19.9 Å². The highest BCUT2D eigenvalue weighted by Crippen LogP contribution is 2.15. The number of nitrogens with one attached hydrogen (secondary N) is 1. The van der Waals surface area contributed by atoms with Crippen LogP contribution in [0.2, 0.25) is 0 Å². The third-order valence-electron chi connectivity index (χ3n) is 2.65. The van der Waals surface area contributed by atoms with Gasteiger partial charge in [0.05, 0.1) is 5.69 Å². The molecule has 0 saturated heterocycles. The Hall–Kier alpha value is -2.11. The highest BCUT2D eigenvalue weighted by Gasteiger charge is 2.09. The number of hydrogen-bond donors (Lipinski definition) is 2. The first-order chi connectivity index (χ1) is 8.56. The smallest absolute Gasteiger partial charge is 0.303 e. The molecule has 2 N–H and O–H groups in total. The molecule has 0 bridgehead atoms. The molecular formula is C12H16N4O2. The molecule has 1 unspecified atom stereocenters. The van der Waals surface area contributed by atoms with Crippen molar-refractivity contribution in [1.82, 2.24) is 14.6 Å². The van der Waals surface area contributed by atoms with E-state index < -0.39 is 5.97 Å². The number of nitrogens with zero attached hydrogens (tertiary/aromatic N) is 3. The third-order valence-corrected chi connectivity index (χ3v) is 2.65. The van der Waals surface area contributed by atoms with Gasteiger partial charge in [0.15, 0.2) is 5.82 Å². The van der Waals surface area contributed by atoms with Crippen LogP contribution in [0.4, 0.5) is 5.82 Å². The van der Waals surface area contributed by atoms with Crippen molar-refractivity contribution in [2.45, 2.75) is 20.3 Å². The van der Waals surface area contributed by atoms with Gasteiger partial charge in [-0.1, -0.05) is 6.92 Å². The minimum Gasteiger partial charge on any atom is -0.481 e. The number of anilines is 1. The summed E-state index contributed by atoms with van der Waals surface area (Å²) in [6, 6.07) is 1.94. The molecule has 0 aliphatic heterocycles. The molecule has 1 atom stereocenters. The first-order valence-corrected chi connectivity index (χ1v) is 5.83. The van der Waals surface area contributed by atoms with Gasteiger partial charge in [0, 0.05) is 25.4 Å². The Morgan fingerprint density at radius 1 is 1.61 bits per heavy atom. The number of aliphatic carboxylic acids is 1. The number of carbonyl (C=O) groups is 1. The highest BCUT2D eigenvalue weighted by molar-refractivity contribution is 5.68. The molecule has 0 saturated carbocycles. The molecule has 96 valence electrons. The predicted molar refractivity (Wildman–Crippen MR) is 67.6 cm³/mol. The zero-order valence-corrected chi connectivity index (χ0v) is 10.4. The summed E-state index contributed by atoms with van der Waals surface area (Å²) in [4.78, 5) is 14.8. The van der Waals surface area contributed by atoms with Gasteiger partial charge >= 0.3 is 5.97 Å². The lowest BCUT2D eigenvalue weighted by molar-refractivity contribution is -0.137. The Kier molecular flexibility index (Phi) is 3.45. The number of carboxylic acids is 1. The SMILES string of the molecule is Cc1cc2c(NCC(C)CC(=O)O)nccn2n1. The van der Waals surface area contributed by atoms with E-state index in [9.17, 15) is 4.79 Å². The van der Waals surface area contributed by atoms with Crippen molar-refractivity contribution >= 4 is 17.3 Å². The lowest BCUT2D eigenvalue weighted by Crippen LogP contribution is -2.16. The molecule has 0 aliphatic carbocycles. The molecule has 0 radical (unpaired) electrons. The third kappa shape index (κ3) is 2.77. The molecule has 6 nitrogen and oxygen atoms in total. The van der Waals surface area contributed by atoms with E-state index in [4.69, 9.17) is 5.11 Å². The van der Waals surface area contributed by atoms with Gasteiger partial charge in [-0.25, -0.2) is 9.50 Å². The fourth-order valence-electron chi connectivity index (χ4n) is 1.82. The number of hydrogen-bond acceptors (Lipinski definition) is 4. The van der Waals surface area contributed by atoms with Crippen molar-refractivity contribution in [1.29, 1.82) is 0 Å². The van der Waals surface area contributed by atoms with Crippen LogP contribution in [-0.2, 0) is 4.79 Å². The predicted octanol–water partition coefficient (Wildman–Crippen LogP) is 1.56. The van der Waals surface area contributed by atoms with E-state index in [1.54, 1.807) is 16.9 Å². The second-order valence-corrected chi connectivity index (χ2v) is 4.48. The summed E-state index contributed by atoms with van der Waals surface area (Å²) in [5.41, 5.74) is 1.82. The normalized spacial score (nSPS) is 12.6. The fraction of sp³-hybridized carbons (Fsp3) is 0.417. The topological polar surface area (TPSA) is 79.5 Å². The van der Waals surface area contributed by atoms with Crippen molar-refractivity contribution < 1.29 is 9.90 Å². The van der Waals surface area contributed by atoms with Crippen molar-refractivity contribution in [3.8, 4) is 0 Å². The maximum Gasteiger partial charge on any atom is 0.303 e. The summed E-state index contributed by atoms with van der Waals surface area (Å²) in [7, 11) is 0. The maximum atomic E-state index is 10.6. The van der Waals surface area contributed by atoms with Crippen LogP contribution in [0.5, 0.6) is 0 Å². The van der Waals surface area contributed by atoms with Crippen LogP contribution in [0, 0.1) is 12.8 Å². The Bertz CT molecular complexity index is 564. The standard InChI is InChI=1S/C12H16N4O2/c1-8(5-11(17)18)7-14-12-10-6-9(2)15-16(10)4-3-13-12/h3-4,6,8H,5,7H2,1-2H3,(H,13,14)(H,17,18). The molecule has 0 aliphatic rings. The summed E-state index contributed by atoms with van der Waals surface area (Å²) in [5, 5.41) is 16.2. The van der Waals surface area contributed by atoms with Crippen LogP contribution in [-0.4, -0.2) is 32.2 Å². The average Bonchev–Trinajstić information content (AvgIpc) is 2.66. The Labute approximate surface area is 105 Å². The van der Waals surface area contributed by atoms with Gasteiger partial charge in [0.25, 0.3) is 0 Å². The Morgan fingerprint density at radius 2 is 2.39 bits per heavy atom. The first-order valence-electron chi connectivity index (χ1n) is 5.83. The van der Waals surface area contributed by atoms with E-state index in [0.717, 1.165) is 17.0 Å². The molecule has 0 aromatic carbocycles.